The van der Waals surface area contributed by atoms with Gasteiger partial charge in [-0.25, -0.2) is 0 Å². The number of halogens is 1. The summed E-state index contributed by atoms with van der Waals surface area (Å²) in [6.45, 7) is 7.10. The minimum atomic E-state index is 0.368. The Kier molecular flexibility index (Phi) is 5.82. The van der Waals surface area contributed by atoms with E-state index in [9.17, 15) is 0 Å². The van der Waals surface area contributed by atoms with Crippen molar-refractivity contribution in [2.75, 3.05) is 19.8 Å². The average molecular weight is 327 g/mol. The molecule has 0 amide bonds. The Morgan fingerprint density at radius 2 is 2.11 bits per heavy atom. The third-order valence-electron chi connectivity index (χ3n) is 3.54. The topological polar surface area (TPSA) is 33.3 Å². The fraction of sp³-hybridized carbons (Fsp3) is 0.600. The van der Waals surface area contributed by atoms with Gasteiger partial charge in [0.25, 0.3) is 0 Å². The molecule has 19 heavy (non-hydrogen) atoms. The van der Waals surface area contributed by atoms with Crippen molar-refractivity contribution in [2.24, 2.45) is 0 Å². The molecule has 2 rings (SSSR count). The minimum absolute atomic E-state index is 0.368. The maximum absolute atomic E-state index is 5.49. The second-order valence-corrected chi connectivity index (χ2v) is 6.22. The van der Waals surface area contributed by atoms with Gasteiger partial charge in [0.15, 0.2) is 0 Å². The first-order chi connectivity index (χ1) is 9.15. The van der Waals surface area contributed by atoms with Crippen LogP contribution >= 0.6 is 15.9 Å². The Hall–Kier alpha value is -0.420. The van der Waals surface area contributed by atoms with Gasteiger partial charge in [0.2, 0.25) is 0 Å². The van der Waals surface area contributed by atoms with Crippen molar-refractivity contribution < 1.29 is 4.74 Å². The normalized spacial score (nSPS) is 23.0. The Morgan fingerprint density at radius 1 is 1.37 bits per heavy atom. The van der Waals surface area contributed by atoms with Crippen LogP contribution < -0.4 is 10.6 Å². The highest BCUT2D eigenvalue weighted by Crippen LogP contribution is 2.17. The average Bonchev–Trinajstić information content (AvgIpc) is 2.40. The first kappa shape index (κ1) is 15.0. The molecule has 0 aliphatic carbocycles. The Bertz CT molecular complexity index is 376. The Balaban J connectivity index is 1.80. The monoisotopic (exact) mass is 326 g/mol. The summed E-state index contributed by atoms with van der Waals surface area (Å²) in [4.78, 5) is 0. The lowest BCUT2D eigenvalue weighted by atomic mass is 10.0. The van der Waals surface area contributed by atoms with Crippen LogP contribution in [0.5, 0.6) is 0 Å². The van der Waals surface area contributed by atoms with E-state index in [0.29, 0.717) is 18.1 Å². The van der Waals surface area contributed by atoms with Crippen molar-refractivity contribution >= 4 is 15.9 Å². The fourth-order valence-corrected chi connectivity index (χ4v) is 2.80. The van der Waals surface area contributed by atoms with Gasteiger partial charge in [0.1, 0.15) is 0 Å². The fourth-order valence-electron chi connectivity index (χ4n) is 2.54. The van der Waals surface area contributed by atoms with Crippen molar-refractivity contribution in [3.05, 3.63) is 34.3 Å². The summed E-state index contributed by atoms with van der Waals surface area (Å²) in [6.07, 6.45) is 1.10. The van der Waals surface area contributed by atoms with E-state index in [1.807, 2.05) is 0 Å². The van der Waals surface area contributed by atoms with Crippen LogP contribution in [0.3, 0.4) is 0 Å². The Labute approximate surface area is 124 Å². The summed E-state index contributed by atoms with van der Waals surface area (Å²) in [5.74, 6) is 0. The van der Waals surface area contributed by atoms with Crippen molar-refractivity contribution in [1.29, 1.82) is 0 Å². The van der Waals surface area contributed by atoms with Gasteiger partial charge in [-0.1, -0.05) is 28.1 Å². The van der Waals surface area contributed by atoms with E-state index in [1.54, 1.807) is 0 Å². The molecule has 3 atom stereocenters. The van der Waals surface area contributed by atoms with Gasteiger partial charge in [-0.05, 0) is 38.0 Å². The van der Waals surface area contributed by atoms with E-state index in [-0.39, 0.29) is 0 Å². The number of benzene rings is 1. The van der Waals surface area contributed by atoms with Gasteiger partial charge in [0, 0.05) is 29.1 Å². The molecule has 106 valence electrons. The van der Waals surface area contributed by atoms with Gasteiger partial charge in [0.05, 0.1) is 13.2 Å². The molecule has 1 aromatic rings. The van der Waals surface area contributed by atoms with E-state index in [1.165, 1.54) is 5.56 Å². The molecule has 2 N–H and O–H groups in total. The van der Waals surface area contributed by atoms with Crippen LogP contribution in [0.2, 0.25) is 0 Å². The molecule has 0 spiro atoms. The molecular formula is C15H23BrN2O. The van der Waals surface area contributed by atoms with Gasteiger partial charge >= 0.3 is 0 Å². The van der Waals surface area contributed by atoms with E-state index in [0.717, 1.165) is 30.7 Å². The molecule has 3 nitrogen and oxygen atoms in total. The molecule has 1 heterocycles. The molecule has 1 fully saturated rings. The molecule has 1 aliphatic rings. The smallest absolute Gasteiger partial charge is 0.0620 e. The number of hydrogen-bond donors (Lipinski definition) is 2. The largest absolute Gasteiger partial charge is 0.379 e. The lowest BCUT2D eigenvalue weighted by Crippen LogP contribution is -2.45. The molecule has 1 aromatic carbocycles. The standard InChI is InChI=1S/C15H23BrN2O/c1-11(9-15-10-19-8-7-17-15)18-12(2)13-3-5-14(16)6-4-13/h3-6,11-12,15,17-18H,7-10H2,1-2H3. The van der Waals surface area contributed by atoms with Gasteiger partial charge in [-0.2, -0.15) is 0 Å². The molecule has 0 bridgehead atoms. The quantitative estimate of drug-likeness (QED) is 0.872. The molecule has 4 heteroatoms. The molecule has 3 unspecified atom stereocenters. The number of rotatable bonds is 5. The predicted octanol–water partition coefficient (Wildman–Crippen LogP) is 2.87. The van der Waals surface area contributed by atoms with Crippen molar-refractivity contribution in [1.82, 2.24) is 10.6 Å². The zero-order chi connectivity index (χ0) is 13.7. The first-order valence-electron chi connectivity index (χ1n) is 6.98. The zero-order valence-corrected chi connectivity index (χ0v) is 13.2. The van der Waals surface area contributed by atoms with Crippen LogP contribution in [-0.4, -0.2) is 31.8 Å². The highest BCUT2D eigenvalue weighted by atomic mass is 79.9. The van der Waals surface area contributed by atoms with Crippen molar-refractivity contribution in [3.8, 4) is 0 Å². The first-order valence-corrected chi connectivity index (χ1v) is 7.77. The second-order valence-electron chi connectivity index (χ2n) is 5.30. The summed E-state index contributed by atoms with van der Waals surface area (Å²) in [6, 6.07) is 9.83. The summed E-state index contributed by atoms with van der Waals surface area (Å²) in [5, 5.41) is 7.15. The van der Waals surface area contributed by atoms with Crippen LogP contribution in [0, 0.1) is 0 Å². The van der Waals surface area contributed by atoms with Gasteiger partial charge in [-0.15, -0.1) is 0 Å². The Morgan fingerprint density at radius 3 is 2.74 bits per heavy atom. The van der Waals surface area contributed by atoms with E-state index in [4.69, 9.17) is 4.74 Å². The number of hydrogen-bond acceptors (Lipinski definition) is 3. The van der Waals surface area contributed by atoms with Crippen LogP contribution in [0.1, 0.15) is 31.9 Å². The lowest BCUT2D eigenvalue weighted by molar-refractivity contribution is 0.0708. The zero-order valence-electron chi connectivity index (χ0n) is 11.7. The number of morpholine rings is 1. The predicted molar refractivity (Wildman–Crippen MR) is 82.4 cm³/mol. The number of ether oxygens (including phenoxy) is 1. The summed E-state index contributed by atoms with van der Waals surface area (Å²) >= 11 is 3.47. The SMILES string of the molecule is CC(CC1COCCN1)NC(C)c1ccc(Br)cc1. The van der Waals surface area contributed by atoms with Crippen LogP contribution in [-0.2, 0) is 4.74 Å². The van der Waals surface area contributed by atoms with Crippen LogP contribution in [0.4, 0.5) is 0 Å². The van der Waals surface area contributed by atoms with Crippen molar-refractivity contribution in [2.45, 2.75) is 38.4 Å². The highest BCUT2D eigenvalue weighted by molar-refractivity contribution is 9.10. The maximum atomic E-state index is 5.49. The molecule has 0 radical (unpaired) electrons. The highest BCUT2D eigenvalue weighted by Gasteiger charge is 2.17. The van der Waals surface area contributed by atoms with Crippen LogP contribution in [0.25, 0.3) is 0 Å². The maximum Gasteiger partial charge on any atom is 0.0620 e. The van der Waals surface area contributed by atoms with Crippen molar-refractivity contribution in [3.63, 3.8) is 0 Å². The van der Waals surface area contributed by atoms with E-state index < -0.39 is 0 Å². The summed E-state index contributed by atoms with van der Waals surface area (Å²) in [5.41, 5.74) is 1.32. The lowest BCUT2D eigenvalue weighted by Gasteiger charge is -2.28. The minimum Gasteiger partial charge on any atom is -0.379 e. The summed E-state index contributed by atoms with van der Waals surface area (Å²) < 4.78 is 6.62. The summed E-state index contributed by atoms with van der Waals surface area (Å²) in [7, 11) is 0. The van der Waals surface area contributed by atoms with Gasteiger partial charge < -0.3 is 15.4 Å². The molecular weight excluding hydrogens is 304 g/mol. The molecule has 0 saturated carbocycles. The van der Waals surface area contributed by atoms with Crippen LogP contribution in [0.15, 0.2) is 28.7 Å². The molecule has 1 saturated heterocycles. The second kappa shape index (κ2) is 7.39. The molecule has 0 aromatic heterocycles. The third-order valence-corrected chi connectivity index (χ3v) is 4.07. The van der Waals surface area contributed by atoms with E-state index >= 15 is 0 Å². The van der Waals surface area contributed by atoms with E-state index in [2.05, 4.69) is 64.7 Å². The number of nitrogens with one attached hydrogen (secondary N) is 2. The third kappa shape index (κ3) is 4.88. The molecule has 1 aliphatic heterocycles. The van der Waals surface area contributed by atoms with Gasteiger partial charge in [-0.3, -0.25) is 0 Å².